The summed E-state index contributed by atoms with van der Waals surface area (Å²) in [6.45, 7) is 2.20. The minimum absolute atomic E-state index is 0.275. The molecule has 0 spiro atoms. The van der Waals surface area contributed by atoms with Gasteiger partial charge in [-0.2, -0.15) is 0 Å². The molecule has 0 atom stereocenters. The van der Waals surface area contributed by atoms with Crippen LogP contribution in [0.5, 0.6) is 0 Å². The van der Waals surface area contributed by atoms with Gasteiger partial charge in [-0.3, -0.25) is 0 Å². The zero-order valence-electron chi connectivity index (χ0n) is 10.1. The summed E-state index contributed by atoms with van der Waals surface area (Å²) in [5.74, 6) is -0.275. The van der Waals surface area contributed by atoms with E-state index in [-0.39, 0.29) is 5.97 Å². The molecule has 2 aliphatic rings. The predicted molar refractivity (Wildman–Crippen MR) is 70.9 cm³/mol. The molecule has 3 nitrogen and oxygen atoms in total. The van der Waals surface area contributed by atoms with Gasteiger partial charge in [0.15, 0.2) is 0 Å². The van der Waals surface area contributed by atoms with Crippen LogP contribution in [0, 0.1) is 0 Å². The average Bonchev–Trinajstić information content (AvgIpc) is 2.81. The Hall–Kier alpha value is -2.29. The number of hydrogen-bond acceptors (Lipinski definition) is 2. The molecule has 0 fully saturated rings. The molecule has 3 heteroatoms. The van der Waals surface area contributed by atoms with Crippen molar-refractivity contribution in [3.05, 3.63) is 48.2 Å². The Morgan fingerprint density at radius 1 is 1.28 bits per heavy atom. The SMILES string of the molecule is CCOC(=O)c1c[nH]c2c3cccccc-3cc12. The van der Waals surface area contributed by atoms with E-state index in [0.717, 1.165) is 22.0 Å². The molecule has 0 aliphatic heterocycles. The Morgan fingerprint density at radius 3 is 2.94 bits per heavy atom. The Kier molecular flexibility index (Phi) is 2.52. The fraction of sp³-hybridized carbons (Fsp3) is 0.133. The van der Waals surface area contributed by atoms with Gasteiger partial charge in [-0.25, -0.2) is 4.79 Å². The summed E-state index contributed by atoms with van der Waals surface area (Å²) >= 11 is 0. The number of esters is 1. The van der Waals surface area contributed by atoms with Crippen LogP contribution in [-0.4, -0.2) is 17.6 Å². The first-order valence-corrected chi connectivity index (χ1v) is 5.97. The Balaban J connectivity index is 2.23. The van der Waals surface area contributed by atoms with Crippen LogP contribution in [0.1, 0.15) is 17.3 Å². The van der Waals surface area contributed by atoms with Crippen molar-refractivity contribution < 1.29 is 9.53 Å². The van der Waals surface area contributed by atoms with Gasteiger partial charge in [0.05, 0.1) is 17.7 Å². The van der Waals surface area contributed by atoms with Crippen molar-refractivity contribution in [1.82, 2.24) is 4.98 Å². The first-order chi connectivity index (χ1) is 8.81. The minimum Gasteiger partial charge on any atom is -0.462 e. The maximum absolute atomic E-state index is 11.8. The maximum Gasteiger partial charge on any atom is 0.340 e. The second kappa shape index (κ2) is 4.18. The molecule has 0 saturated heterocycles. The number of H-pyrrole nitrogens is 1. The topological polar surface area (TPSA) is 42.1 Å². The minimum atomic E-state index is -0.275. The Morgan fingerprint density at radius 2 is 2.11 bits per heavy atom. The fourth-order valence-corrected chi connectivity index (χ4v) is 2.26. The van der Waals surface area contributed by atoms with Crippen molar-refractivity contribution in [3.63, 3.8) is 0 Å². The van der Waals surface area contributed by atoms with Crippen LogP contribution >= 0.6 is 0 Å². The van der Waals surface area contributed by atoms with Crippen LogP contribution in [0.25, 0.3) is 22.0 Å². The molecule has 18 heavy (non-hydrogen) atoms. The van der Waals surface area contributed by atoms with Crippen molar-refractivity contribution in [3.8, 4) is 11.1 Å². The quantitative estimate of drug-likeness (QED) is 0.696. The maximum atomic E-state index is 11.8. The van der Waals surface area contributed by atoms with E-state index < -0.39 is 0 Å². The second-order valence-electron chi connectivity index (χ2n) is 4.14. The van der Waals surface area contributed by atoms with Gasteiger partial charge in [0.25, 0.3) is 0 Å². The summed E-state index contributed by atoms with van der Waals surface area (Å²) < 4.78 is 5.05. The van der Waals surface area contributed by atoms with Crippen molar-refractivity contribution in [2.75, 3.05) is 6.61 Å². The van der Waals surface area contributed by atoms with Gasteiger partial charge in [-0.15, -0.1) is 0 Å². The van der Waals surface area contributed by atoms with E-state index >= 15 is 0 Å². The molecule has 0 aromatic carbocycles. The smallest absolute Gasteiger partial charge is 0.340 e. The van der Waals surface area contributed by atoms with Gasteiger partial charge in [0, 0.05) is 17.1 Å². The van der Waals surface area contributed by atoms with Crippen LogP contribution in [0.2, 0.25) is 0 Å². The zero-order chi connectivity index (χ0) is 12.5. The van der Waals surface area contributed by atoms with Gasteiger partial charge < -0.3 is 9.72 Å². The first-order valence-electron chi connectivity index (χ1n) is 5.97. The molecule has 0 amide bonds. The first kappa shape index (κ1) is 10.8. The highest BCUT2D eigenvalue weighted by Gasteiger charge is 2.18. The van der Waals surface area contributed by atoms with Crippen LogP contribution in [0.15, 0.2) is 42.6 Å². The van der Waals surface area contributed by atoms with Crippen LogP contribution in [0.3, 0.4) is 0 Å². The van der Waals surface area contributed by atoms with E-state index in [0.29, 0.717) is 12.2 Å². The molecule has 0 bridgehead atoms. The Labute approximate surface area is 105 Å². The van der Waals surface area contributed by atoms with Gasteiger partial charge in [-0.05, 0) is 18.6 Å². The summed E-state index contributed by atoms with van der Waals surface area (Å²) in [5.41, 5.74) is 3.83. The highest BCUT2D eigenvalue weighted by Crippen LogP contribution is 2.34. The number of nitrogens with one attached hydrogen (secondary N) is 1. The summed E-state index contributed by atoms with van der Waals surface area (Å²) in [5, 5.41) is 0.926. The summed E-state index contributed by atoms with van der Waals surface area (Å²) in [6, 6.07) is 12.1. The molecule has 1 N–H and O–H groups in total. The molecule has 0 radical (unpaired) electrons. The zero-order valence-corrected chi connectivity index (χ0v) is 10.1. The fourth-order valence-electron chi connectivity index (χ4n) is 2.26. The predicted octanol–water partition coefficient (Wildman–Crippen LogP) is 3.45. The number of aromatic amines is 1. The van der Waals surface area contributed by atoms with Gasteiger partial charge in [-0.1, -0.05) is 30.3 Å². The molecular weight excluding hydrogens is 226 g/mol. The number of ether oxygens (including phenoxy) is 1. The van der Waals surface area contributed by atoms with E-state index in [4.69, 9.17) is 4.74 Å². The van der Waals surface area contributed by atoms with Gasteiger partial charge in [0.1, 0.15) is 0 Å². The van der Waals surface area contributed by atoms with Gasteiger partial charge >= 0.3 is 5.97 Å². The normalized spacial score (nSPS) is 10.9. The lowest BCUT2D eigenvalue weighted by Crippen LogP contribution is -2.03. The third-order valence-corrected chi connectivity index (χ3v) is 3.06. The highest BCUT2D eigenvalue weighted by atomic mass is 16.5. The summed E-state index contributed by atoms with van der Waals surface area (Å²) in [4.78, 5) is 15.0. The number of carbonyl (C=O) groups excluding carboxylic acids is 1. The van der Waals surface area contributed by atoms with E-state index in [2.05, 4.69) is 4.98 Å². The standard InChI is InChI=1S/C15H13NO2/c1-2-18-15(17)13-9-16-14-11-7-5-3-4-6-10(11)8-12(13)14/h3-9,16H,2H2,1H3. The number of rotatable bonds is 2. The molecule has 2 aliphatic carbocycles. The lowest BCUT2D eigenvalue weighted by atomic mass is 10.2. The molecule has 3 rings (SSSR count). The Bertz CT molecular complexity index is 684. The number of carbonyl (C=O) groups is 1. The third kappa shape index (κ3) is 1.56. The van der Waals surface area contributed by atoms with Crippen molar-refractivity contribution in [2.45, 2.75) is 6.92 Å². The van der Waals surface area contributed by atoms with E-state index in [1.165, 1.54) is 0 Å². The van der Waals surface area contributed by atoms with Crippen molar-refractivity contribution in [2.24, 2.45) is 0 Å². The second-order valence-corrected chi connectivity index (χ2v) is 4.14. The summed E-state index contributed by atoms with van der Waals surface area (Å²) in [7, 11) is 0. The molecule has 1 aromatic rings. The molecule has 1 heterocycles. The van der Waals surface area contributed by atoms with E-state index in [9.17, 15) is 4.79 Å². The van der Waals surface area contributed by atoms with Crippen molar-refractivity contribution in [1.29, 1.82) is 0 Å². The summed E-state index contributed by atoms with van der Waals surface area (Å²) in [6.07, 6.45) is 1.72. The molecular formula is C15H13NO2. The number of aromatic nitrogens is 1. The monoisotopic (exact) mass is 239 g/mol. The lowest BCUT2D eigenvalue weighted by molar-refractivity contribution is 0.0529. The molecule has 1 aromatic heterocycles. The van der Waals surface area contributed by atoms with Gasteiger partial charge in [0.2, 0.25) is 0 Å². The largest absolute Gasteiger partial charge is 0.462 e. The van der Waals surface area contributed by atoms with Crippen molar-refractivity contribution >= 4 is 16.9 Å². The lowest BCUT2D eigenvalue weighted by Gasteiger charge is -1.97. The van der Waals surface area contributed by atoms with Crippen LogP contribution in [0.4, 0.5) is 0 Å². The van der Waals surface area contributed by atoms with E-state index in [1.807, 2.05) is 43.3 Å². The molecule has 0 unspecified atom stereocenters. The van der Waals surface area contributed by atoms with Crippen LogP contribution in [-0.2, 0) is 4.74 Å². The third-order valence-electron chi connectivity index (χ3n) is 3.06. The highest BCUT2D eigenvalue weighted by molar-refractivity contribution is 6.11. The number of hydrogen-bond donors (Lipinski definition) is 1. The average molecular weight is 239 g/mol. The van der Waals surface area contributed by atoms with E-state index in [1.54, 1.807) is 6.20 Å². The molecule has 0 saturated carbocycles. The number of fused-ring (bicyclic) bond motifs is 3. The van der Waals surface area contributed by atoms with Crippen LogP contribution < -0.4 is 0 Å². The molecule has 90 valence electrons.